The van der Waals surface area contributed by atoms with E-state index in [0.29, 0.717) is 5.92 Å². The summed E-state index contributed by atoms with van der Waals surface area (Å²) in [6.45, 7) is 4.74. The van der Waals surface area contributed by atoms with Crippen molar-refractivity contribution in [1.82, 2.24) is 0 Å². The fraction of sp³-hybridized carbons (Fsp3) is 0.184. The van der Waals surface area contributed by atoms with Gasteiger partial charge in [0.2, 0.25) is 0 Å². The van der Waals surface area contributed by atoms with Crippen molar-refractivity contribution in [1.29, 1.82) is 0 Å². The summed E-state index contributed by atoms with van der Waals surface area (Å²) >= 11 is 0. The highest BCUT2D eigenvalue weighted by atomic mass is 16.3. The fourth-order valence-corrected chi connectivity index (χ4v) is 9.50. The normalized spacial score (nSPS) is 15.3. The van der Waals surface area contributed by atoms with Crippen molar-refractivity contribution in [3.63, 3.8) is 0 Å². The predicted octanol–water partition coefficient (Wildman–Crippen LogP) is 14.2. The van der Waals surface area contributed by atoms with Crippen LogP contribution in [0.3, 0.4) is 0 Å². The quantitative estimate of drug-likeness (QED) is 0.183. The van der Waals surface area contributed by atoms with Gasteiger partial charge in [-0.15, -0.1) is 0 Å². The first-order valence-electron chi connectivity index (χ1n) is 18.6. The number of hydrogen-bond donors (Lipinski definition) is 0. The van der Waals surface area contributed by atoms with Crippen LogP contribution in [0.15, 0.2) is 150 Å². The molecule has 0 unspecified atom stereocenters. The number of anilines is 3. The minimum absolute atomic E-state index is 0.119. The largest absolute Gasteiger partial charge is 0.456 e. The number of benzene rings is 7. The molecule has 10 rings (SSSR count). The molecule has 1 saturated carbocycles. The zero-order valence-electron chi connectivity index (χ0n) is 29.3. The standard InChI is InChI=1S/C49H41NO/c1-49(2)39-25-9-6-21-37(39)47-40(49)26-14-28-42(47)50(43-29-15-31-45-48(43)38-22-8-11-30-44(38)51-45)41-27-10-7-20-35(41)36-24-13-19-33-18-12-23-34(46(33)36)32-16-4-3-5-17-32/h6-15,18-32H,3-5,16-17H2,1-2H3. The summed E-state index contributed by atoms with van der Waals surface area (Å²) in [7, 11) is 0. The number of fused-ring (bicyclic) bond motifs is 7. The maximum Gasteiger partial charge on any atom is 0.137 e. The maximum atomic E-state index is 6.53. The van der Waals surface area contributed by atoms with Crippen LogP contribution in [0.2, 0.25) is 0 Å². The molecule has 2 heteroatoms. The summed E-state index contributed by atoms with van der Waals surface area (Å²) in [4.78, 5) is 2.54. The summed E-state index contributed by atoms with van der Waals surface area (Å²) in [5, 5.41) is 4.97. The molecule has 2 aliphatic carbocycles. The van der Waals surface area contributed by atoms with Crippen LogP contribution in [0.4, 0.5) is 17.1 Å². The Bertz CT molecular complexity index is 2610. The zero-order chi connectivity index (χ0) is 34.1. The maximum absolute atomic E-state index is 6.53. The van der Waals surface area contributed by atoms with Gasteiger partial charge in [-0.05, 0) is 87.7 Å². The fourth-order valence-electron chi connectivity index (χ4n) is 9.50. The molecule has 0 N–H and O–H groups in total. The smallest absolute Gasteiger partial charge is 0.137 e. The summed E-state index contributed by atoms with van der Waals surface area (Å²) in [6.07, 6.45) is 6.51. The van der Waals surface area contributed by atoms with Crippen molar-refractivity contribution in [2.24, 2.45) is 0 Å². The molecule has 0 atom stereocenters. The van der Waals surface area contributed by atoms with Gasteiger partial charge in [-0.2, -0.15) is 0 Å². The molecular formula is C49H41NO. The minimum Gasteiger partial charge on any atom is -0.456 e. The van der Waals surface area contributed by atoms with Gasteiger partial charge in [0.25, 0.3) is 0 Å². The lowest BCUT2D eigenvalue weighted by atomic mass is 9.80. The molecular weight excluding hydrogens is 619 g/mol. The Hall–Kier alpha value is -5.60. The Kier molecular flexibility index (Phi) is 6.96. The third-order valence-corrected chi connectivity index (χ3v) is 11.9. The van der Waals surface area contributed by atoms with E-state index in [4.69, 9.17) is 4.42 Å². The van der Waals surface area contributed by atoms with Gasteiger partial charge in [-0.1, -0.05) is 148 Å². The Balaban J connectivity index is 1.30. The third-order valence-electron chi connectivity index (χ3n) is 11.9. The highest BCUT2D eigenvalue weighted by molar-refractivity contribution is 6.15. The second kappa shape index (κ2) is 11.7. The molecule has 0 aliphatic heterocycles. The molecule has 0 saturated heterocycles. The summed E-state index contributed by atoms with van der Waals surface area (Å²) in [5.74, 6) is 0.592. The minimum atomic E-state index is -0.119. The molecule has 0 radical (unpaired) electrons. The van der Waals surface area contributed by atoms with Crippen LogP contribution >= 0.6 is 0 Å². The van der Waals surface area contributed by atoms with E-state index in [9.17, 15) is 0 Å². The molecule has 7 aromatic carbocycles. The number of nitrogens with zero attached hydrogens (tertiary/aromatic N) is 1. The van der Waals surface area contributed by atoms with Crippen molar-refractivity contribution in [3.05, 3.63) is 162 Å². The Morgan fingerprint density at radius 3 is 2.02 bits per heavy atom. The van der Waals surface area contributed by atoms with E-state index < -0.39 is 0 Å². The molecule has 8 aromatic rings. The molecule has 0 bridgehead atoms. The first-order valence-corrected chi connectivity index (χ1v) is 18.6. The van der Waals surface area contributed by atoms with E-state index in [1.807, 2.05) is 0 Å². The van der Waals surface area contributed by atoms with Crippen LogP contribution in [-0.4, -0.2) is 0 Å². The first-order chi connectivity index (χ1) is 25.1. The van der Waals surface area contributed by atoms with Gasteiger partial charge in [0.1, 0.15) is 11.2 Å². The highest BCUT2D eigenvalue weighted by Gasteiger charge is 2.38. The second-order valence-electron chi connectivity index (χ2n) is 15.1. The van der Waals surface area contributed by atoms with E-state index in [1.165, 1.54) is 87.5 Å². The van der Waals surface area contributed by atoms with Gasteiger partial charge in [0, 0.05) is 21.9 Å². The second-order valence-corrected chi connectivity index (χ2v) is 15.1. The van der Waals surface area contributed by atoms with E-state index in [-0.39, 0.29) is 5.41 Å². The van der Waals surface area contributed by atoms with E-state index in [2.05, 4.69) is 164 Å². The van der Waals surface area contributed by atoms with Crippen LogP contribution in [-0.2, 0) is 5.41 Å². The Labute approximate surface area is 300 Å². The van der Waals surface area contributed by atoms with Gasteiger partial charge >= 0.3 is 0 Å². The summed E-state index contributed by atoms with van der Waals surface area (Å²) in [6, 6.07) is 53.8. The zero-order valence-corrected chi connectivity index (χ0v) is 29.3. The van der Waals surface area contributed by atoms with Crippen LogP contribution in [0.5, 0.6) is 0 Å². The summed E-state index contributed by atoms with van der Waals surface area (Å²) in [5.41, 5.74) is 14.5. The lowest BCUT2D eigenvalue weighted by Crippen LogP contribution is -2.16. The van der Waals surface area contributed by atoms with Gasteiger partial charge < -0.3 is 9.32 Å². The predicted molar refractivity (Wildman–Crippen MR) is 215 cm³/mol. The van der Waals surface area contributed by atoms with Crippen LogP contribution in [0, 0.1) is 0 Å². The van der Waals surface area contributed by atoms with E-state index in [0.717, 1.165) is 33.3 Å². The Morgan fingerprint density at radius 2 is 1.14 bits per heavy atom. The molecule has 51 heavy (non-hydrogen) atoms. The molecule has 1 fully saturated rings. The Morgan fingerprint density at radius 1 is 0.510 bits per heavy atom. The van der Waals surface area contributed by atoms with Gasteiger partial charge in [-0.25, -0.2) is 0 Å². The van der Waals surface area contributed by atoms with Crippen molar-refractivity contribution in [2.45, 2.75) is 57.3 Å². The van der Waals surface area contributed by atoms with Crippen molar-refractivity contribution < 1.29 is 4.42 Å². The lowest BCUT2D eigenvalue weighted by Gasteiger charge is -2.31. The average Bonchev–Trinajstić information content (AvgIpc) is 3.68. The van der Waals surface area contributed by atoms with Gasteiger partial charge in [0.05, 0.1) is 22.4 Å². The summed E-state index contributed by atoms with van der Waals surface area (Å²) < 4.78 is 6.53. The van der Waals surface area contributed by atoms with Crippen molar-refractivity contribution >= 4 is 49.8 Å². The van der Waals surface area contributed by atoms with E-state index in [1.54, 1.807) is 0 Å². The third kappa shape index (κ3) is 4.62. The van der Waals surface area contributed by atoms with Crippen molar-refractivity contribution in [3.8, 4) is 22.3 Å². The first kappa shape index (κ1) is 30.2. The van der Waals surface area contributed by atoms with Crippen molar-refractivity contribution in [2.75, 3.05) is 4.90 Å². The van der Waals surface area contributed by atoms with Crippen LogP contribution in [0.1, 0.15) is 68.6 Å². The number of para-hydroxylation sites is 2. The van der Waals surface area contributed by atoms with Crippen LogP contribution in [0.25, 0.3) is 55.0 Å². The highest BCUT2D eigenvalue weighted by Crippen LogP contribution is 2.56. The number of hydrogen-bond acceptors (Lipinski definition) is 2. The van der Waals surface area contributed by atoms with Gasteiger partial charge in [0.15, 0.2) is 0 Å². The molecule has 1 aromatic heterocycles. The molecule has 0 amide bonds. The number of furan rings is 1. The molecule has 0 spiro atoms. The monoisotopic (exact) mass is 659 g/mol. The topological polar surface area (TPSA) is 16.4 Å². The average molecular weight is 660 g/mol. The van der Waals surface area contributed by atoms with Crippen LogP contribution < -0.4 is 4.90 Å². The molecule has 2 aliphatic rings. The molecule has 1 heterocycles. The molecule has 2 nitrogen and oxygen atoms in total. The SMILES string of the molecule is CC1(C)c2ccccc2-c2c(N(c3ccccc3-c3cccc4cccc(C5CCCCC5)c34)c3cccc4oc5ccccc5c34)cccc21. The lowest BCUT2D eigenvalue weighted by molar-refractivity contribution is 0.445. The number of rotatable bonds is 5. The molecule has 248 valence electrons. The van der Waals surface area contributed by atoms with Gasteiger partial charge in [-0.3, -0.25) is 0 Å². The van der Waals surface area contributed by atoms with E-state index >= 15 is 0 Å².